The molecule has 0 aromatic heterocycles. The van der Waals surface area contributed by atoms with E-state index in [1.54, 1.807) is 0 Å². The molecule has 2 atom stereocenters. The van der Waals surface area contributed by atoms with Crippen LogP contribution in [-0.4, -0.2) is 6.10 Å². The molecule has 1 nitrogen and oxygen atoms in total. The van der Waals surface area contributed by atoms with Crippen molar-refractivity contribution in [2.45, 2.75) is 59.0 Å². The molecular formula is C27H32O. The third kappa shape index (κ3) is 6.31. The molecule has 1 fully saturated rings. The highest BCUT2D eigenvalue weighted by Gasteiger charge is 2.25. The van der Waals surface area contributed by atoms with Crippen molar-refractivity contribution >= 4 is 0 Å². The van der Waals surface area contributed by atoms with Crippen LogP contribution in [0.3, 0.4) is 0 Å². The van der Waals surface area contributed by atoms with Crippen LogP contribution in [0.1, 0.15) is 63.1 Å². The van der Waals surface area contributed by atoms with Gasteiger partial charge in [-0.15, -0.1) is 0 Å². The Balaban J connectivity index is 1.53. The van der Waals surface area contributed by atoms with Crippen molar-refractivity contribution in [3.8, 4) is 17.6 Å². The van der Waals surface area contributed by atoms with Gasteiger partial charge in [0.1, 0.15) is 5.75 Å². The first-order valence-corrected chi connectivity index (χ1v) is 10.6. The summed E-state index contributed by atoms with van der Waals surface area (Å²) in [5.41, 5.74) is 4.90. The van der Waals surface area contributed by atoms with Gasteiger partial charge < -0.3 is 4.74 Å². The van der Waals surface area contributed by atoms with Crippen LogP contribution in [0, 0.1) is 23.7 Å². The molecule has 2 aromatic carbocycles. The van der Waals surface area contributed by atoms with Gasteiger partial charge in [0.05, 0.1) is 6.10 Å². The third-order valence-electron chi connectivity index (χ3n) is 5.42. The second-order valence-electron chi connectivity index (χ2n) is 8.25. The van der Waals surface area contributed by atoms with Crippen molar-refractivity contribution in [3.05, 3.63) is 77.4 Å². The fourth-order valence-electron chi connectivity index (χ4n) is 3.38. The van der Waals surface area contributed by atoms with Crippen LogP contribution in [0.25, 0.3) is 0 Å². The second kappa shape index (κ2) is 9.65. The van der Waals surface area contributed by atoms with Gasteiger partial charge in [0.15, 0.2) is 0 Å². The van der Waals surface area contributed by atoms with Gasteiger partial charge in [-0.05, 0) is 92.8 Å². The molecule has 0 radical (unpaired) electrons. The lowest BCUT2D eigenvalue weighted by Crippen LogP contribution is -2.09. The Morgan fingerprint density at radius 1 is 1.00 bits per heavy atom. The van der Waals surface area contributed by atoms with E-state index in [0.717, 1.165) is 42.1 Å². The zero-order valence-corrected chi connectivity index (χ0v) is 17.5. The molecule has 0 heterocycles. The molecule has 3 rings (SSSR count). The summed E-state index contributed by atoms with van der Waals surface area (Å²) in [4.78, 5) is 0. The molecule has 1 heteroatoms. The highest BCUT2D eigenvalue weighted by Crippen LogP contribution is 2.38. The summed E-state index contributed by atoms with van der Waals surface area (Å²) in [6.07, 6.45) is 6.22. The van der Waals surface area contributed by atoms with E-state index in [9.17, 15) is 0 Å². The molecular weight excluding hydrogens is 340 g/mol. The fourth-order valence-corrected chi connectivity index (χ4v) is 3.38. The van der Waals surface area contributed by atoms with Gasteiger partial charge in [-0.1, -0.05) is 50.0 Å². The number of rotatable bonds is 8. The number of allylic oxidation sites excluding steroid dienone is 1. The Morgan fingerprint density at radius 2 is 1.57 bits per heavy atom. The van der Waals surface area contributed by atoms with Crippen LogP contribution >= 0.6 is 0 Å². The first-order valence-electron chi connectivity index (χ1n) is 10.6. The molecule has 0 spiro atoms. The van der Waals surface area contributed by atoms with Crippen LogP contribution in [-0.2, 0) is 6.42 Å². The summed E-state index contributed by atoms with van der Waals surface area (Å²) in [6.45, 7) is 10.8. The van der Waals surface area contributed by atoms with Crippen LogP contribution in [0.5, 0.6) is 5.75 Å². The Hall–Kier alpha value is -2.46. The maximum Gasteiger partial charge on any atom is 0.119 e. The number of hydrogen-bond acceptors (Lipinski definition) is 1. The quantitative estimate of drug-likeness (QED) is 0.366. The molecule has 1 aliphatic rings. The maximum atomic E-state index is 5.81. The van der Waals surface area contributed by atoms with Crippen molar-refractivity contribution in [1.29, 1.82) is 0 Å². The molecule has 0 N–H and O–H groups in total. The number of ether oxygens (including phenoxy) is 1. The van der Waals surface area contributed by atoms with Gasteiger partial charge in [-0.2, -0.15) is 0 Å². The highest BCUT2D eigenvalue weighted by molar-refractivity contribution is 5.44. The van der Waals surface area contributed by atoms with Crippen molar-refractivity contribution in [3.63, 3.8) is 0 Å². The van der Waals surface area contributed by atoms with Gasteiger partial charge in [-0.3, -0.25) is 0 Å². The van der Waals surface area contributed by atoms with E-state index in [1.807, 2.05) is 24.3 Å². The molecule has 2 unspecified atom stereocenters. The summed E-state index contributed by atoms with van der Waals surface area (Å²) in [7, 11) is 0. The zero-order chi connectivity index (χ0) is 19.9. The van der Waals surface area contributed by atoms with Gasteiger partial charge in [0, 0.05) is 11.1 Å². The van der Waals surface area contributed by atoms with Crippen molar-refractivity contribution in [2.75, 3.05) is 0 Å². The Kier molecular flexibility index (Phi) is 6.99. The Labute approximate surface area is 170 Å². The summed E-state index contributed by atoms with van der Waals surface area (Å²) in [5, 5.41) is 0. The summed E-state index contributed by atoms with van der Waals surface area (Å²) < 4.78 is 5.81. The largest absolute Gasteiger partial charge is 0.491 e. The Bertz CT molecular complexity index is 829. The van der Waals surface area contributed by atoms with E-state index < -0.39 is 0 Å². The second-order valence-corrected chi connectivity index (χ2v) is 8.25. The van der Waals surface area contributed by atoms with Gasteiger partial charge in [0.2, 0.25) is 0 Å². The van der Waals surface area contributed by atoms with E-state index in [-0.39, 0.29) is 6.10 Å². The minimum Gasteiger partial charge on any atom is -0.491 e. The molecule has 1 aliphatic carbocycles. The van der Waals surface area contributed by atoms with E-state index in [0.29, 0.717) is 5.92 Å². The predicted octanol–water partition coefficient (Wildman–Crippen LogP) is 6.80. The molecule has 28 heavy (non-hydrogen) atoms. The summed E-state index contributed by atoms with van der Waals surface area (Å²) in [5.74, 6) is 8.88. The molecule has 0 saturated heterocycles. The third-order valence-corrected chi connectivity index (χ3v) is 5.42. The normalized spacial score (nSPS) is 15.2. The molecule has 0 bridgehead atoms. The van der Waals surface area contributed by atoms with Crippen LogP contribution in [0.2, 0.25) is 0 Å². The molecule has 146 valence electrons. The van der Waals surface area contributed by atoms with E-state index in [1.165, 1.54) is 24.0 Å². The lowest BCUT2D eigenvalue weighted by molar-refractivity contribution is 0.217. The van der Waals surface area contributed by atoms with Crippen LogP contribution < -0.4 is 4.74 Å². The topological polar surface area (TPSA) is 9.23 Å². The average molecular weight is 373 g/mol. The standard InChI is InChI=1S/C27H32O/c1-5-22(4)28-27-16-12-24(13-17-27)7-6-23-8-10-25(11-9-23)19-20(2)18-21(3)26-14-15-26/h8-13,16-17,20,22,26H,3,5,14-15,18-19H2,1-2,4H3. The number of hydrogen-bond donors (Lipinski definition) is 0. The first-order chi connectivity index (χ1) is 13.5. The van der Waals surface area contributed by atoms with Gasteiger partial charge in [0.25, 0.3) is 0 Å². The lowest BCUT2D eigenvalue weighted by Gasteiger charge is -2.13. The molecule has 2 aromatic rings. The van der Waals surface area contributed by atoms with Crippen LogP contribution in [0.15, 0.2) is 60.7 Å². The smallest absolute Gasteiger partial charge is 0.119 e. The predicted molar refractivity (Wildman–Crippen MR) is 119 cm³/mol. The van der Waals surface area contributed by atoms with Gasteiger partial charge >= 0.3 is 0 Å². The average Bonchev–Trinajstić information content (AvgIpc) is 3.54. The maximum absolute atomic E-state index is 5.81. The minimum atomic E-state index is 0.241. The zero-order valence-electron chi connectivity index (χ0n) is 17.5. The van der Waals surface area contributed by atoms with Crippen molar-refractivity contribution in [2.24, 2.45) is 11.8 Å². The fraction of sp³-hybridized carbons (Fsp3) is 0.407. The minimum absolute atomic E-state index is 0.241. The lowest BCUT2D eigenvalue weighted by atomic mass is 9.93. The number of benzene rings is 2. The van der Waals surface area contributed by atoms with Gasteiger partial charge in [-0.25, -0.2) is 0 Å². The summed E-state index contributed by atoms with van der Waals surface area (Å²) >= 11 is 0. The van der Waals surface area contributed by atoms with E-state index in [2.05, 4.69) is 63.5 Å². The highest BCUT2D eigenvalue weighted by atomic mass is 16.5. The monoisotopic (exact) mass is 372 g/mol. The first kappa shape index (κ1) is 20.3. The van der Waals surface area contributed by atoms with Crippen molar-refractivity contribution in [1.82, 2.24) is 0 Å². The summed E-state index contributed by atoms with van der Waals surface area (Å²) in [6, 6.07) is 16.7. The van der Waals surface area contributed by atoms with E-state index >= 15 is 0 Å². The Morgan fingerprint density at radius 3 is 2.11 bits per heavy atom. The molecule has 0 amide bonds. The molecule has 0 aliphatic heterocycles. The van der Waals surface area contributed by atoms with Crippen molar-refractivity contribution < 1.29 is 4.74 Å². The van der Waals surface area contributed by atoms with E-state index in [4.69, 9.17) is 4.74 Å². The SMILES string of the molecule is C=C(CC(C)Cc1ccc(C#Cc2ccc(OC(C)CC)cc2)cc1)C1CC1. The van der Waals surface area contributed by atoms with Crippen LogP contribution in [0.4, 0.5) is 0 Å². The molecule has 1 saturated carbocycles.